The van der Waals surface area contributed by atoms with Crippen molar-refractivity contribution in [2.75, 3.05) is 6.61 Å². The average molecular weight is 420 g/mol. The molecule has 0 aliphatic heterocycles. The lowest BCUT2D eigenvalue weighted by atomic mass is 9.97. The smallest absolute Gasteiger partial charge is 0.159 e. The van der Waals surface area contributed by atoms with E-state index in [0.717, 1.165) is 36.4 Å². The van der Waals surface area contributed by atoms with E-state index in [1.165, 1.54) is 6.08 Å². The summed E-state index contributed by atoms with van der Waals surface area (Å²) in [7, 11) is 0. The fourth-order valence-corrected chi connectivity index (χ4v) is 3.60. The lowest BCUT2D eigenvalue weighted by molar-refractivity contribution is 0.336. The van der Waals surface area contributed by atoms with E-state index in [2.05, 4.69) is 0 Å². The molecule has 0 saturated carbocycles. The molecule has 3 aromatic rings. The van der Waals surface area contributed by atoms with Crippen LogP contribution in [-0.4, -0.2) is 6.61 Å². The fraction of sp³-hybridized carbons (Fsp3) is 0.130. The summed E-state index contributed by atoms with van der Waals surface area (Å²) in [5, 5.41) is 0. The molecule has 0 heterocycles. The monoisotopic (exact) mass is 420 g/mol. The summed E-state index contributed by atoms with van der Waals surface area (Å²) in [5.41, 5.74) is -0.451. The lowest BCUT2D eigenvalue weighted by Gasteiger charge is -2.12. The van der Waals surface area contributed by atoms with Crippen LogP contribution in [0.1, 0.15) is 23.6 Å². The van der Waals surface area contributed by atoms with Gasteiger partial charge in [-0.2, -0.15) is 0 Å². The predicted molar refractivity (Wildman–Crippen MR) is 101 cm³/mol. The molecule has 7 heteroatoms. The zero-order chi connectivity index (χ0) is 21.6. The van der Waals surface area contributed by atoms with Crippen LogP contribution in [0.15, 0.2) is 36.4 Å². The summed E-state index contributed by atoms with van der Waals surface area (Å²) in [6.45, 7) is 1.84. The lowest BCUT2D eigenvalue weighted by Crippen LogP contribution is -2.00. The third kappa shape index (κ3) is 3.44. The van der Waals surface area contributed by atoms with Crippen LogP contribution in [0.4, 0.5) is 26.3 Å². The third-order valence-electron chi connectivity index (χ3n) is 4.87. The number of halogens is 6. The summed E-state index contributed by atoms with van der Waals surface area (Å²) in [5.74, 6) is -6.30. The zero-order valence-electron chi connectivity index (χ0n) is 15.6. The summed E-state index contributed by atoms with van der Waals surface area (Å²) in [4.78, 5) is 0. The number of hydrogen-bond donors (Lipinski definition) is 0. The van der Waals surface area contributed by atoms with Crippen molar-refractivity contribution < 1.29 is 31.1 Å². The van der Waals surface area contributed by atoms with Gasteiger partial charge in [0.05, 0.1) is 12.2 Å². The van der Waals surface area contributed by atoms with Crippen molar-refractivity contribution in [2.24, 2.45) is 0 Å². The number of ether oxygens (including phenoxy) is 1. The minimum Gasteiger partial charge on any atom is -0.494 e. The van der Waals surface area contributed by atoms with Crippen molar-refractivity contribution in [1.29, 1.82) is 0 Å². The van der Waals surface area contributed by atoms with Gasteiger partial charge in [-0.3, -0.25) is 0 Å². The van der Waals surface area contributed by atoms with Crippen molar-refractivity contribution in [3.8, 4) is 16.9 Å². The van der Waals surface area contributed by atoms with Gasteiger partial charge in [-0.1, -0.05) is 6.08 Å². The van der Waals surface area contributed by atoms with Gasteiger partial charge in [-0.15, -0.1) is 0 Å². The molecule has 0 radical (unpaired) electrons. The van der Waals surface area contributed by atoms with E-state index in [-0.39, 0.29) is 29.9 Å². The molecule has 0 amide bonds. The van der Waals surface area contributed by atoms with E-state index in [1.54, 1.807) is 6.92 Å². The zero-order valence-corrected chi connectivity index (χ0v) is 15.6. The molecule has 0 bridgehead atoms. The summed E-state index contributed by atoms with van der Waals surface area (Å²) >= 11 is 0. The quantitative estimate of drug-likeness (QED) is 0.428. The van der Waals surface area contributed by atoms with Gasteiger partial charge < -0.3 is 4.74 Å². The maximum Gasteiger partial charge on any atom is 0.159 e. The Morgan fingerprint density at radius 1 is 0.700 bits per heavy atom. The minimum absolute atomic E-state index is 0.00844. The van der Waals surface area contributed by atoms with Gasteiger partial charge in [-0.05, 0) is 59.9 Å². The first-order valence-electron chi connectivity index (χ1n) is 9.08. The molecule has 1 aliphatic carbocycles. The van der Waals surface area contributed by atoms with Crippen LogP contribution in [0, 0.1) is 34.9 Å². The van der Waals surface area contributed by atoms with Crippen molar-refractivity contribution in [1.82, 2.24) is 0 Å². The second-order valence-electron chi connectivity index (χ2n) is 6.82. The Morgan fingerprint density at radius 2 is 1.27 bits per heavy atom. The minimum atomic E-state index is -1.07. The number of rotatable bonds is 4. The van der Waals surface area contributed by atoms with E-state index in [1.807, 2.05) is 0 Å². The van der Waals surface area contributed by atoms with E-state index in [9.17, 15) is 26.3 Å². The molecule has 30 heavy (non-hydrogen) atoms. The molecule has 0 unspecified atom stereocenters. The van der Waals surface area contributed by atoms with Crippen LogP contribution < -0.4 is 4.74 Å². The Bertz CT molecular complexity index is 1150. The molecule has 0 spiro atoms. The van der Waals surface area contributed by atoms with E-state index in [4.69, 9.17) is 4.74 Å². The first-order valence-corrected chi connectivity index (χ1v) is 9.08. The highest BCUT2D eigenvalue weighted by Gasteiger charge is 2.24. The Balaban J connectivity index is 1.75. The predicted octanol–water partition coefficient (Wildman–Crippen LogP) is 6.68. The molecule has 154 valence electrons. The fourth-order valence-electron chi connectivity index (χ4n) is 3.60. The summed E-state index contributed by atoms with van der Waals surface area (Å²) < 4.78 is 90.3. The van der Waals surface area contributed by atoms with Gasteiger partial charge in [0, 0.05) is 17.7 Å². The third-order valence-corrected chi connectivity index (χ3v) is 4.87. The first-order chi connectivity index (χ1) is 14.3. The molecule has 0 saturated heterocycles. The van der Waals surface area contributed by atoms with Gasteiger partial charge in [0.15, 0.2) is 11.6 Å². The second-order valence-corrected chi connectivity index (χ2v) is 6.82. The van der Waals surface area contributed by atoms with Crippen molar-refractivity contribution in [3.63, 3.8) is 0 Å². The van der Waals surface area contributed by atoms with E-state index >= 15 is 0 Å². The molecule has 0 atom stereocenters. The van der Waals surface area contributed by atoms with Crippen LogP contribution in [0.2, 0.25) is 0 Å². The number of benzene rings is 3. The molecular weight excluding hydrogens is 406 g/mol. The van der Waals surface area contributed by atoms with Gasteiger partial charge >= 0.3 is 0 Å². The maximum atomic E-state index is 14.8. The van der Waals surface area contributed by atoms with Crippen LogP contribution in [-0.2, 0) is 6.42 Å². The molecule has 0 fully saturated rings. The Hall–Kier alpha value is -3.22. The molecule has 4 rings (SSSR count). The number of fused-ring (bicyclic) bond motifs is 1. The Labute approximate surface area is 168 Å². The van der Waals surface area contributed by atoms with Crippen LogP contribution >= 0.6 is 0 Å². The Kier molecular flexibility index (Phi) is 5.05. The van der Waals surface area contributed by atoms with Gasteiger partial charge in [0.1, 0.15) is 29.0 Å². The van der Waals surface area contributed by atoms with Crippen molar-refractivity contribution in [2.45, 2.75) is 13.3 Å². The van der Waals surface area contributed by atoms with Crippen LogP contribution in [0.25, 0.3) is 22.8 Å². The first kappa shape index (κ1) is 20.1. The molecule has 1 nitrogen and oxygen atoms in total. The average Bonchev–Trinajstić information content (AvgIpc) is 3.03. The Morgan fingerprint density at radius 3 is 1.87 bits per heavy atom. The highest BCUT2D eigenvalue weighted by Crippen LogP contribution is 2.38. The molecule has 0 aromatic heterocycles. The standard InChI is InChI=1S/C23H14F6O/c1-2-30-15-9-20(28)23(21(29)10-15)14-7-18(26)22(19(27)8-14)13-3-11-5-16(24)17(25)6-12(11)4-13/h3,5-10H,2,4H2,1H3. The molecule has 1 aliphatic rings. The SMILES string of the molecule is CCOc1cc(F)c(-c2cc(F)c(C3=Cc4cc(F)c(F)cc4C3)c(F)c2)c(F)c1. The molecular formula is C23H14F6O. The van der Waals surface area contributed by atoms with E-state index < -0.39 is 46.0 Å². The van der Waals surface area contributed by atoms with Crippen LogP contribution in [0.3, 0.4) is 0 Å². The van der Waals surface area contributed by atoms with Gasteiger partial charge in [0.2, 0.25) is 0 Å². The molecule has 0 N–H and O–H groups in total. The summed E-state index contributed by atoms with van der Waals surface area (Å²) in [6, 6.07) is 5.45. The topological polar surface area (TPSA) is 9.23 Å². The molecule has 3 aromatic carbocycles. The normalized spacial score (nSPS) is 12.7. The van der Waals surface area contributed by atoms with Gasteiger partial charge in [0.25, 0.3) is 0 Å². The van der Waals surface area contributed by atoms with Gasteiger partial charge in [-0.25, -0.2) is 26.3 Å². The second kappa shape index (κ2) is 7.55. The van der Waals surface area contributed by atoms with E-state index in [0.29, 0.717) is 11.1 Å². The largest absolute Gasteiger partial charge is 0.494 e. The number of hydrogen-bond acceptors (Lipinski definition) is 1. The maximum absolute atomic E-state index is 14.8. The van der Waals surface area contributed by atoms with Crippen molar-refractivity contribution in [3.05, 3.63) is 88.0 Å². The summed E-state index contributed by atoms with van der Waals surface area (Å²) in [6.07, 6.45) is 1.35. The highest BCUT2D eigenvalue weighted by molar-refractivity contribution is 5.89. The van der Waals surface area contributed by atoms with Crippen LogP contribution in [0.5, 0.6) is 5.75 Å². The highest BCUT2D eigenvalue weighted by atomic mass is 19.2. The van der Waals surface area contributed by atoms with Crippen molar-refractivity contribution >= 4 is 11.6 Å². The number of allylic oxidation sites excluding steroid dienone is 1.